The third kappa shape index (κ3) is 6.30. The maximum atomic E-state index is 13.1. The van der Waals surface area contributed by atoms with Crippen molar-refractivity contribution in [1.29, 1.82) is 0 Å². The Morgan fingerprint density at radius 3 is 1.73 bits per heavy atom. The van der Waals surface area contributed by atoms with Gasteiger partial charge in [0.05, 0.1) is 5.41 Å². The van der Waals surface area contributed by atoms with Gasteiger partial charge in [0.2, 0.25) is 0 Å². The van der Waals surface area contributed by atoms with E-state index in [0.717, 1.165) is 32.1 Å². The van der Waals surface area contributed by atoms with Crippen LogP contribution in [0.25, 0.3) is 0 Å². The highest BCUT2D eigenvalue weighted by atomic mass is 16.6. The molecule has 1 unspecified atom stereocenters. The molecule has 2 heteroatoms. The van der Waals surface area contributed by atoms with E-state index in [1.54, 1.807) is 0 Å². The van der Waals surface area contributed by atoms with Gasteiger partial charge in [0.1, 0.15) is 5.60 Å². The minimum Gasteiger partial charge on any atom is -0.459 e. The quantitative estimate of drug-likeness (QED) is 0.447. The summed E-state index contributed by atoms with van der Waals surface area (Å²) in [5.74, 6) is 1.41. The lowest BCUT2D eigenvalue weighted by atomic mass is 9.72. The Morgan fingerprint density at radius 2 is 1.41 bits per heavy atom. The molecular formula is C20H40O2. The minimum absolute atomic E-state index is 0.0188. The minimum atomic E-state index is -0.387. The van der Waals surface area contributed by atoms with Gasteiger partial charge in [0, 0.05) is 0 Å². The zero-order valence-electron chi connectivity index (χ0n) is 16.6. The van der Waals surface area contributed by atoms with Gasteiger partial charge in [-0.3, -0.25) is 4.79 Å². The molecule has 22 heavy (non-hydrogen) atoms. The van der Waals surface area contributed by atoms with E-state index in [1.165, 1.54) is 0 Å². The number of esters is 1. The molecule has 132 valence electrons. The molecule has 0 aliphatic carbocycles. The fraction of sp³-hybridized carbons (Fsp3) is 0.950. The number of hydrogen-bond donors (Lipinski definition) is 0. The number of carbonyl (C=O) groups excluding carboxylic acids is 1. The van der Waals surface area contributed by atoms with Crippen molar-refractivity contribution in [2.75, 3.05) is 0 Å². The molecule has 0 fully saturated rings. The van der Waals surface area contributed by atoms with E-state index in [2.05, 4.69) is 62.3 Å². The predicted octanol–water partition coefficient (Wildman–Crippen LogP) is 6.23. The third-order valence-corrected chi connectivity index (χ3v) is 4.97. The first kappa shape index (κ1) is 21.5. The van der Waals surface area contributed by atoms with Crippen molar-refractivity contribution in [2.45, 2.75) is 100 Å². The van der Waals surface area contributed by atoms with Crippen LogP contribution in [-0.2, 0) is 9.53 Å². The zero-order chi connectivity index (χ0) is 17.6. The van der Waals surface area contributed by atoms with Crippen LogP contribution in [0.1, 0.15) is 94.4 Å². The molecule has 0 saturated carbocycles. The van der Waals surface area contributed by atoms with Crippen molar-refractivity contribution in [3.05, 3.63) is 0 Å². The molecule has 0 heterocycles. The normalized spacial score (nSPS) is 14.5. The first-order chi connectivity index (χ1) is 10.0. The van der Waals surface area contributed by atoms with E-state index in [0.29, 0.717) is 17.8 Å². The molecule has 0 aromatic heterocycles. The number of carbonyl (C=O) groups is 1. The van der Waals surface area contributed by atoms with Gasteiger partial charge in [0.15, 0.2) is 0 Å². The lowest BCUT2D eigenvalue weighted by Crippen LogP contribution is -2.43. The second-order valence-electron chi connectivity index (χ2n) is 8.51. The second-order valence-corrected chi connectivity index (χ2v) is 8.51. The zero-order valence-corrected chi connectivity index (χ0v) is 16.6. The van der Waals surface area contributed by atoms with Gasteiger partial charge in [-0.25, -0.2) is 0 Å². The summed E-state index contributed by atoms with van der Waals surface area (Å²) in [4.78, 5) is 13.1. The largest absolute Gasteiger partial charge is 0.459 e. The van der Waals surface area contributed by atoms with E-state index >= 15 is 0 Å². The molecule has 0 aliphatic rings. The Kier molecular flexibility index (Phi) is 8.72. The van der Waals surface area contributed by atoms with Crippen molar-refractivity contribution in [2.24, 2.45) is 23.2 Å². The highest BCUT2D eigenvalue weighted by Crippen LogP contribution is 2.40. The van der Waals surface area contributed by atoms with Gasteiger partial charge in [0.25, 0.3) is 0 Å². The van der Waals surface area contributed by atoms with E-state index in [1.807, 2.05) is 0 Å². The molecule has 0 amide bonds. The average Bonchev–Trinajstić information content (AvgIpc) is 2.36. The molecule has 1 atom stereocenters. The maximum absolute atomic E-state index is 13.1. The van der Waals surface area contributed by atoms with Crippen LogP contribution in [0.2, 0.25) is 0 Å². The van der Waals surface area contributed by atoms with Crippen molar-refractivity contribution in [3.63, 3.8) is 0 Å². The summed E-state index contributed by atoms with van der Waals surface area (Å²) in [6.07, 6.45) is 4.91. The van der Waals surface area contributed by atoms with Crippen LogP contribution in [0.3, 0.4) is 0 Å². The second kappa shape index (κ2) is 8.93. The van der Waals surface area contributed by atoms with E-state index in [-0.39, 0.29) is 17.0 Å². The van der Waals surface area contributed by atoms with Crippen LogP contribution in [0.4, 0.5) is 0 Å². The molecule has 2 nitrogen and oxygen atoms in total. The number of rotatable bonds is 10. The molecular weight excluding hydrogens is 272 g/mol. The molecule has 0 bridgehead atoms. The summed E-state index contributed by atoms with van der Waals surface area (Å²) in [6.45, 7) is 19.4. The van der Waals surface area contributed by atoms with Gasteiger partial charge in [-0.15, -0.1) is 0 Å². The Morgan fingerprint density at radius 1 is 0.955 bits per heavy atom. The first-order valence-electron chi connectivity index (χ1n) is 9.24. The Balaban J connectivity index is 5.26. The Hall–Kier alpha value is -0.530. The molecule has 0 radical (unpaired) electrons. The average molecular weight is 313 g/mol. The predicted molar refractivity (Wildman–Crippen MR) is 95.9 cm³/mol. The summed E-state index contributed by atoms with van der Waals surface area (Å²) in [5, 5.41) is 0. The van der Waals surface area contributed by atoms with Crippen LogP contribution < -0.4 is 0 Å². The molecule has 0 aromatic carbocycles. The summed E-state index contributed by atoms with van der Waals surface area (Å²) < 4.78 is 6.07. The van der Waals surface area contributed by atoms with E-state index in [9.17, 15) is 4.79 Å². The van der Waals surface area contributed by atoms with Crippen LogP contribution in [0.15, 0.2) is 0 Å². The van der Waals surface area contributed by atoms with Gasteiger partial charge in [-0.05, 0) is 57.3 Å². The van der Waals surface area contributed by atoms with Gasteiger partial charge >= 0.3 is 5.97 Å². The highest BCUT2D eigenvalue weighted by molar-refractivity contribution is 5.77. The van der Waals surface area contributed by atoms with Gasteiger partial charge in [-0.1, -0.05) is 54.9 Å². The third-order valence-electron chi connectivity index (χ3n) is 4.97. The Labute approximate surface area is 139 Å². The standard InChI is InChI=1S/C20H40O2/c1-10-12-17(7)19(8,9)22-18(21)20(11-2,13-15(3)4)14-16(5)6/h15-17H,10-14H2,1-9H3. The summed E-state index contributed by atoms with van der Waals surface area (Å²) in [7, 11) is 0. The van der Waals surface area contributed by atoms with Crippen molar-refractivity contribution < 1.29 is 9.53 Å². The van der Waals surface area contributed by atoms with Crippen molar-refractivity contribution in [3.8, 4) is 0 Å². The molecule has 0 rings (SSSR count). The molecule has 0 aliphatic heterocycles. The summed E-state index contributed by atoms with van der Waals surface area (Å²) in [6, 6.07) is 0. The smallest absolute Gasteiger partial charge is 0.312 e. The number of ether oxygens (including phenoxy) is 1. The first-order valence-corrected chi connectivity index (χ1v) is 9.24. The van der Waals surface area contributed by atoms with Crippen LogP contribution >= 0.6 is 0 Å². The topological polar surface area (TPSA) is 26.3 Å². The SMILES string of the molecule is CCCC(C)C(C)(C)OC(=O)C(CC)(CC(C)C)CC(C)C. The van der Waals surface area contributed by atoms with Gasteiger partial charge < -0.3 is 4.74 Å². The lowest BCUT2D eigenvalue weighted by Gasteiger charge is -2.39. The summed E-state index contributed by atoms with van der Waals surface area (Å²) >= 11 is 0. The fourth-order valence-corrected chi connectivity index (χ4v) is 3.47. The Bertz CT molecular complexity index is 319. The lowest BCUT2D eigenvalue weighted by molar-refractivity contribution is -0.177. The molecule has 0 spiro atoms. The van der Waals surface area contributed by atoms with Crippen LogP contribution in [-0.4, -0.2) is 11.6 Å². The van der Waals surface area contributed by atoms with Crippen molar-refractivity contribution in [1.82, 2.24) is 0 Å². The maximum Gasteiger partial charge on any atom is 0.312 e. The van der Waals surface area contributed by atoms with E-state index in [4.69, 9.17) is 4.74 Å². The molecule has 0 aromatic rings. The summed E-state index contributed by atoms with van der Waals surface area (Å²) in [5.41, 5.74) is -0.715. The van der Waals surface area contributed by atoms with E-state index < -0.39 is 0 Å². The van der Waals surface area contributed by atoms with Gasteiger partial charge in [-0.2, -0.15) is 0 Å². The van der Waals surface area contributed by atoms with Crippen molar-refractivity contribution >= 4 is 5.97 Å². The highest BCUT2D eigenvalue weighted by Gasteiger charge is 2.42. The monoisotopic (exact) mass is 312 g/mol. The number of hydrogen-bond acceptors (Lipinski definition) is 2. The fourth-order valence-electron chi connectivity index (χ4n) is 3.47. The van der Waals surface area contributed by atoms with Crippen LogP contribution in [0.5, 0.6) is 0 Å². The molecule has 0 N–H and O–H groups in total. The van der Waals surface area contributed by atoms with Crippen LogP contribution in [0, 0.1) is 23.2 Å². The molecule has 0 saturated heterocycles.